The van der Waals surface area contributed by atoms with Crippen molar-refractivity contribution in [1.82, 2.24) is 0 Å². The fourth-order valence-corrected chi connectivity index (χ4v) is 2.24. The van der Waals surface area contributed by atoms with Crippen LogP contribution in [0.25, 0.3) is 0 Å². The molecule has 1 aliphatic rings. The Bertz CT molecular complexity index is 448. The van der Waals surface area contributed by atoms with E-state index >= 15 is 0 Å². The number of ether oxygens (including phenoxy) is 1. The summed E-state index contributed by atoms with van der Waals surface area (Å²) in [5.74, 6) is -0.933. The number of nitrogen functional groups attached to an aromatic ring is 1. The first-order valence-electron chi connectivity index (χ1n) is 6.10. The summed E-state index contributed by atoms with van der Waals surface area (Å²) in [5.41, 5.74) is 7.63. The molecular weight excluding hydrogens is 232 g/mol. The highest BCUT2D eigenvalue weighted by Gasteiger charge is 2.23. The van der Waals surface area contributed by atoms with Gasteiger partial charge in [0.1, 0.15) is 0 Å². The van der Waals surface area contributed by atoms with Crippen LogP contribution in [0.1, 0.15) is 23.7 Å². The Morgan fingerprint density at radius 3 is 3.06 bits per heavy atom. The number of aromatic carboxylic acids is 1. The van der Waals surface area contributed by atoms with Gasteiger partial charge in [-0.3, -0.25) is 0 Å². The predicted octanol–water partition coefficient (Wildman–Crippen LogP) is 1.58. The van der Waals surface area contributed by atoms with Gasteiger partial charge < -0.3 is 20.5 Å². The number of nitrogens with zero attached hydrogens (tertiary/aromatic N) is 1. The van der Waals surface area contributed by atoms with Crippen LogP contribution in [-0.4, -0.2) is 36.9 Å². The van der Waals surface area contributed by atoms with E-state index in [4.69, 9.17) is 15.6 Å². The van der Waals surface area contributed by atoms with Crippen LogP contribution in [-0.2, 0) is 4.74 Å². The second-order valence-corrected chi connectivity index (χ2v) is 4.41. The van der Waals surface area contributed by atoms with Gasteiger partial charge in [-0.1, -0.05) is 6.92 Å². The first-order chi connectivity index (χ1) is 8.63. The van der Waals surface area contributed by atoms with Crippen molar-refractivity contribution in [1.29, 1.82) is 0 Å². The molecule has 1 aromatic carbocycles. The number of morpholine rings is 1. The zero-order valence-corrected chi connectivity index (χ0v) is 10.4. The summed E-state index contributed by atoms with van der Waals surface area (Å²) in [4.78, 5) is 13.2. The molecule has 0 spiro atoms. The summed E-state index contributed by atoms with van der Waals surface area (Å²) in [5, 5.41) is 9.04. The molecule has 0 bridgehead atoms. The minimum absolute atomic E-state index is 0.255. The summed E-state index contributed by atoms with van der Waals surface area (Å²) in [6.07, 6.45) is 0.941. The summed E-state index contributed by atoms with van der Waals surface area (Å²) in [6.45, 7) is 4.13. The second-order valence-electron chi connectivity index (χ2n) is 4.41. The van der Waals surface area contributed by atoms with E-state index in [2.05, 4.69) is 11.8 Å². The van der Waals surface area contributed by atoms with Crippen LogP contribution in [0, 0.1) is 0 Å². The molecule has 18 heavy (non-hydrogen) atoms. The molecule has 1 atom stereocenters. The zero-order valence-electron chi connectivity index (χ0n) is 10.4. The van der Waals surface area contributed by atoms with Gasteiger partial charge in [0.25, 0.3) is 0 Å². The molecule has 1 unspecified atom stereocenters. The van der Waals surface area contributed by atoms with Crippen molar-refractivity contribution >= 4 is 17.3 Å². The number of carbonyl (C=O) groups is 1. The number of benzene rings is 1. The molecule has 5 heteroatoms. The Kier molecular flexibility index (Phi) is 3.72. The lowest BCUT2D eigenvalue weighted by atomic mass is 10.1. The van der Waals surface area contributed by atoms with Crippen molar-refractivity contribution in [3.05, 3.63) is 23.8 Å². The monoisotopic (exact) mass is 250 g/mol. The maximum absolute atomic E-state index is 11.0. The molecule has 3 N–H and O–H groups in total. The number of carboxylic acids is 1. The van der Waals surface area contributed by atoms with Crippen LogP contribution in [0.3, 0.4) is 0 Å². The lowest BCUT2D eigenvalue weighted by Gasteiger charge is -2.37. The number of hydrogen-bond acceptors (Lipinski definition) is 4. The SMILES string of the molecule is CCC1COCCN1c1cc(C(=O)O)ccc1N. The van der Waals surface area contributed by atoms with E-state index in [1.165, 1.54) is 6.07 Å². The fourth-order valence-electron chi connectivity index (χ4n) is 2.24. The van der Waals surface area contributed by atoms with Crippen molar-refractivity contribution in [3.63, 3.8) is 0 Å². The minimum Gasteiger partial charge on any atom is -0.478 e. The number of rotatable bonds is 3. The molecule has 1 aromatic rings. The first kappa shape index (κ1) is 12.7. The van der Waals surface area contributed by atoms with Crippen LogP contribution in [0.2, 0.25) is 0 Å². The molecular formula is C13H18N2O3. The van der Waals surface area contributed by atoms with Gasteiger partial charge in [-0.2, -0.15) is 0 Å². The summed E-state index contributed by atoms with van der Waals surface area (Å²) in [7, 11) is 0. The van der Waals surface area contributed by atoms with Gasteiger partial charge >= 0.3 is 5.97 Å². The third kappa shape index (κ3) is 2.41. The summed E-state index contributed by atoms with van der Waals surface area (Å²) >= 11 is 0. The van der Waals surface area contributed by atoms with E-state index in [1.54, 1.807) is 12.1 Å². The van der Waals surface area contributed by atoms with Crippen LogP contribution >= 0.6 is 0 Å². The zero-order chi connectivity index (χ0) is 13.1. The predicted molar refractivity (Wildman–Crippen MR) is 70.1 cm³/mol. The quantitative estimate of drug-likeness (QED) is 0.797. The Labute approximate surface area is 106 Å². The molecule has 0 aliphatic carbocycles. The van der Waals surface area contributed by atoms with Gasteiger partial charge in [0.2, 0.25) is 0 Å². The average molecular weight is 250 g/mol. The summed E-state index contributed by atoms with van der Waals surface area (Å²) in [6, 6.07) is 5.08. The van der Waals surface area contributed by atoms with E-state index in [0.717, 1.165) is 18.7 Å². The Morgan fingerprint density at radius 1 is 1.61 bits per heavy atom. The maximum atomic E-state index is 11.0. The number of carboxylic acid groups (broad SMARTS) is 1. The van der Waals surface area contributed by atoms with Gasteiger partial charge in [0.15, 0.2) is 0 Å². The molecule has 0 saturated carbocycles. The molecule has 1 fully saturated rings. The molecule has 1 aliphatic heterocycles. The molecule has 98 valence electrons. The van der Waals surface area contributed by atoms with Gasteiger partial charge in [-0.25, -0.2) is 4.79 Å². The molecule has 1 heterocycles. The van der Waals surface area contributed by atoms with Crippen molar-refractivity contribution in [2.24, 2.45) is 0 Å². The molecule has 0 radical (unpaired) electrons. The van der Waals surface area contributed by atoms with Crippen molar-refractivity contribution < 1.29 is 14.6 Å². The fraction of sp³-hybridized carbons (Fsp3) is 0.462. The van der Waals surface area contributed by atoms with Gasteiger partial charge in [0, 0.05) is 6.54 Å². The lowest BCUT2D eigenvalue weighted by molar-refractivity contribution is 0.0697. The topological polar surface area (TPSA) is 75.8 Å². The van der Waals surface area contributed by atoms with E-state index in [-0.39, 0.29) is 11.6 Å². The minimum atomic E-state index is -0.933. The van der Waals surface area contributed by atoms with Crippen LogP contribution in [0.15, 0.2) is 18.2 Å². The van der Waals surface area contributed by atoms with Crippen molar-refractivity contribution in [3.8, 4) is 0 Å². The highest BCUT2D eigenvalue weighted by molar-refractivity contribution is 5.90. The third-order valence-corrected chi connectivity index (χ3v) is 3.29. The van der Waals surface area contributed by atoms with Crippen LogP contribution in [0.5, 0.6) is 0 Å². The first-order valence-corrected chi connectivity index (χ1v) is 6.10. The van der Waals surface area contributed by atoms with E-state index in [1.807, 2.05) is 0 Å². The maximum Gasteiger partial charge on any atom is 0.335 e. The number of anilines is 2. The van der Waals surface area contributed by atoms with E-state index in [9.17, 15) is 4.79 Å². The van der Waals surface area contributed by atoms with Gasteiger partial charge in [-0.05, 0) is 24.6 Å². The molecule has 5 nitrogen and oxygen atoms in total. The molecule has 2 rings (SSSR count). The number of nitrogens with two attached hydrogens (primary N) is 1. The van der Waals surface area contributed by atoms with Gasteiger partial charge in [-0.15, -0.1) is 0 Å². The lowest BCUT2D eigenvalue weighted by Crippen LogP contribution is -2.45. The molecule has 1 saturated heterocycles. The van der Waals surface area contributed by atoms with E-state index < -0.39 is 5.97 Å². The van der Waals surface area contributed by atoms with Crippen LogP contribution in [0.4, 0.5) is 11.4 Å². The number of hydrogen-bond donors (Lipinski definition) is 2. The van der Waals surface area contributed by atoms with Crippen molar-refractivity contribution in [2.75, 3.05) is 30.4 Å². The van der Waals surface area contributed by atoms with E-state index in [0.29, 0.717) is 18.9 Å². The Hall–Kier alpha value is -1.75. The Morgan fingerprint density at radius 2 is 2.39 bits per heavy atom. The highest BCUT2D eigenvalue weighted by atomic mass is 16.5. The largest absolute Gasteiger partial charge is 0.478 e. The highest BCUT2D eigenvalue weighted by Crippen LogP contribution is 2.28. The smallest absolute Gasteiger partial charge is 0.335 e. The van der Waals surface area contributed by atoms with Crippen LogP contribution < -0.4 is 10.6 Å². The average Bonchev–Trinajstić information content (AvgIpc) is 2.39. The third-order valence-electron chi connectivity index (χ3n) is 3.29. The summed E-state index contributed by atoms with van der Waals surface area (Å²) < 4.78 is 5.44. The standard InChI is InChI=1S/C13H18N2O3/c1-2-10-8-18-6-5-15(10)12-7-9(13(16)17)3-4-11(12)14/h3-4,7,10H,2,5-6,8,14H2,1H3,(H,16,17). The normalized spacial score (nSPS) is 19.8. The van der Waals surface area contributed by atoms with Crippen molar-refractivity contribution in [2.45, 2.75) is 19.4 Å². The molecule has 0 aromatic heterocycles. The second kappa shape index (κ2) is 5.27. The molecule has 0 amide bonds. The Balaban J connectivity index is 2.35. The van der Waals surface area contributed by atoms with Gasteiger partial charge in [0.05, 0.1) is 36.2 Å².